The molecule has 0 fully saturated rings. The van der Waals surface area contributed by atoms with Gasteiger partial charge < -0.3 is 4.74 Å². The van der Waals surface area contributed by atoms with E-state index in [-0.39, 0.29) is 9.84 Å². The van der Waals surface area contributed by atoms with Gasteiger partial charge in [-0.2, -0.15) is 0 Å². The van der Waals surface area contributed by atoms with Crippen molar-refractivity contribution in [2.45, 2.75) is 16.8 Å². The third kappa shape index (κ3) is 7.98. The average molecular weight is 986 g/mol. The lowest BCUT2D eigenvalue weighted by molar-refractivity contribution is 0.119. The third-order valence-corrected chi connectivity index (χ3v) is 10.4. The van der Waals surface area contributed by atoms with Crippen molar-refractivity contribution in [3.05, 3.63) is 96.6 Å². The fourth-order valence-electron chi connectivity index (χ4n) is 3.21. The van der Waals surface area contributed by atoms with Crippen LogP contribution in [0.2, 0.25) is 0 Å². The highest BCUT2D eigenvalue weighted by molar-refractivity contribution is 9.24. The number of ether oxygens (including phenoxy) is 1. The largest absolute Gasteiger partial charge is 0.377 e. The topological polar surface area (TPSA) is 9.23 Å². The summed E-state index contributed by atoms with van der Waals surface area (Å²) in [5.41, 5.74) is 6.51. The molecule has 0 amide bonds. The molecule has 0 N–H and O–H groups in total. The van der Waals surface area contributed by atoms with Crippen LogP contribution in [-0.4, -0.2) is 7.11 Å². The number of alkyl halides is 2. The van der Waals surface area contributed by atoms with Crippen molar-refractivity contribution >= 4 is 152 Å². The van der Waals surface area contributed by atoms with Crippen LogP contribution >= 0.6 is 127 Å². The van der Waals surface area contributed by atoms with Crippen molar-refractivity contribution in [1.29, 1.82) is 0 Å². The minimum absolute atomic E-state index is 0.00907. The lowest BCUT2D eigenvalue weighted by Gasteiger charge is -2.14. The van der Waals surface area contributed by atoms with Gasteiger partial charge in [-0.1, -0.05) is 152 Å². The maximum Gasteiger partial charge on any atom is 0.0957 e. The second-order valence-electron chi connectivity index (χ2n) is 7.53. The Morgan fingerprint density at radius 2 is 0.857 bits per heavy atom. The van der Waals surface area contributed by atoms with Gasteiger partial charge in [0, 0.05) is 33.9 Å². The Morgan fingerprint density at radius 3 is 1.23 bits per heavy atom. The number of hydrogen-bond donors (Lipinski definition) is 0. The molecule has 0 radical (unpaired) electrons. The van der Waals surface area contributed by atoms with E-state index in [1.807, 2.05) is 6.92 Å². The van der Waals surface area contributed by atoms with Gasteiger partial charge in [0.15, 0.2) is 0 Å². The quantitative estimate of drug-likeness (QED) is 0.169. The first kappa shape index (κ1) is 30.5. The number of benzene rings is 3. The summed E-state index contributed by atoms with van der Waals surface area (Å²) >= 11 is 29.3. The normalized spacial score (nSPS) is 12.9. The Hall–Kier alpha value is 0.940. The Balaban J connectivity index is 1.87. The monoisotopic (exact) mass is 977 g/mol. The summed E-state index contributed by atoms with van der Waals surface area (Å²) in [6.07, 6.45) is 8.38. The summed E-state index contributed by atoms with van der Waals surface area (Å²) in [6.45, 7) is 2.03. The van der Waals surface area contributed by atoms with Crippen LogP contribution in [-0.2, 0) is 4.74 Å². The maximum atomic E-state index is 5.46. The molecule has 3 aromatic rings. The van der Waals surface area contributed by atoms with Gasteiger partial charge >= 0.3 is 0 Å². The van der Waals surface area contributed by atoms with Gasteiger partial charge in [-0.3, -0.25) is 0 Å². The summed E-state index contributed by atoms with van der Waals surface area (Å²) < 4.78 is 11.6. The van der Waals surface area contributed by atoms with E-state index in [0.717, 1.165) is 60.2 Å². The Bertz CT molecular complexity index is 1300. The standard InChI is InChI=1S/C26H18Br8O/c1-13(35-2)18-11-22(29)16(9-24(18)31)5-3-14-7-21(28)15(8-20(14)27)4-6-17-10-25(32)19(26(33)34)12-23(17)30/h3-13,26H,1-2H3/b5-3-,6-4-. The van der Waals surface area contributed by atoms with E-state index in [1.165, 1.54) is 0 Å². The van der Waals surface area contributed by atoms with Gasteiger partial charge in [0.25, 0.3) is 0 Å². The fraction of sp³-hybridized carbons (Fsp3) is 0.154. The molecule has 9 heteroatoms. The van der Waals surface area contributed by atoms with Gasteiger partial charge in [0.2, 0.25) is 0 Å². The summed E-state index contributed by atoms with van der Waals surface area (Å²) in [4.78, 5) is 0. The van der Waals surface area contributed by atoms with Crippen LogP contribution in [0.5, 0.6) is 0 Å². The zero-order valence-electron chi connectivity index (χ0n) is 18.4. The summed E-state index contributed by atoms with van der Waals surface area (Å²) in [5, 5.41) is 0. The van der Waals surface area contributed by atoms with Crippen molar-refractivity contribution in [2.75, 3.05) is 7.11 Å². The molecule has 0 aliphatic heterocycles. The second kappa shape index (κ2) is 13.8. The van der Waals surface area contributed by atoms with Crippen molar-refractivity contribution < 1.29 is 4.74 Å². The molecule has 3 aromatic carbocycles. The molecule has 0 aliphatic carbocycles. The summed E-state index contributed by atoms with van der Waals surface area (Å²) in [6, 6.07) is 12.6. The Morgan fingerprint density at radius 1 is 0.543 bits per heavy atom. The molecule has 0 saturated heterocycles. The van der Waals surface area contributed by atoms with Crippen LogP contribution in [0.4, 0.5) is 0 Å². The van der Waals surface area contributed by atoms with Gasteiger partial charge in [-0.25, -0.2) is 0 Å². The second-order valence-corrected chi connectivity index (χ2v) is 15.7. The average Bonchev–Trinajstić information content (AvgIpc) is 2.81. The molecular weight excluding hydrogens is 968 g/mol. The van der Waals surface area contributed by atoms with Crippen LogP contribution in [0.1, 0.15) is 50.1 Å². The molecule has 0 saturated carbocycles. The molecule has 0 heterocycles. The molecule has 0 spiro atoms. The molecule has 0 aromatic heterocycles. The first-order chi connectivity index (χ1) is 16.5. The molecule has 184 valence electrons. The molecule has 35 heavy (non-hydrogen) atoms. The first-order valence-electron chi connectivity index (χ1n) is 10.2. The SMILES string of the molecule is COC(C)c1cc(Br)c(/C=C\c2cc(Br)c(/C=C\c3cc(Br)c(C(Br)Br)cc3Br)cc2Br)cc1Br. The van der Waals surface area contributed by atoms with E-state index >= 15 is 0 Å². The molecule has 1 atom stereocenters. The predicted octanol–water partition coefficient (Wildman–Crippen LogP) is 13.1. The van der Waals surface area contributed by atoms with Crippen LogP contribution in [0.3, 0.4) is 0 Å². The van der Waals surface area contributed by atoms with Crippen LogP contribution in [0.15, 0.2) is 63.2 Å². The van der Waals surface area contributed by atoms with E-state index in [2.05, 4.69) is 188 Å². The van der Waals surface area contributed by atoms with Crippen molar-refractivity contribution in [1.82, 2.24) is 0 Å². The van der Waals surface area contributed by atoms with Gasteiger partial charge in [0.1, 0.15) is 0 Å². The lowest BCUT2D eigenvalue weighted by atomic mass is 10.1. The molecule has 3 rings (SSSR count). The molecular formula is C26H18Br8O. The van der Waals surface area contributed by atoms with E-state index in [4.69, 9.17) is 4.74 Å². The van der Waals surface area contributed by atoms with E-state index < -0.39 is 0 Å². The highest BCUT2D eigenvalue weighted by Crippen LogP contribution is 2.38. The minimum Gasteiger partial charge on any atom is -0.377 e. The zero-order chi connectivity index (χ0) is 25.9. The van der Waals surface area contributed by atoms with Gasteiger partial charge in [-0.05, 0) is 76.7 Å². The zero-order valence-corrected chi connectivity index (χ0v) is 31.0. The highest BCUT2D eigenvalue weighted by atomic mass is 79.9. The summed E-state index contributed by atoms with van der Waals surface area (Å²) in [5.74, 6) is 0. The van der Waals surface area contributed by atoms with Gasteiger partial charge in [0.05, 0.1) is 9.84 Å². The first-order valence-corrected chi connectivity index (χ1v) is 16.7. The van der Waals surface area contributed by atoms with Crippen molar-refractivity contribution in [2.24, 2.45) is 0 Å². The number of rotatable bonds is 7. The predicted molar refractivity (Wildman–Crippen MR) is 179 cm³/mol. The Labute approximate surface area is 273 Å². The van der Waals surface area contributed by atoms with Crippen LogP contribution < -0.4 is 0 Å². The fourth-order valence-corrected chi connectivity index (χ4v) is 7.83. The number of halogens is 8. The van der Waals surface area contributed by atoms with Gasteiger partial charge in [-0.15, -0.1) is 0 Å². The van der Waals surface area contributed by atoms with Crippen molar-refractivity contribution in [3.63, 3.8) is 0 Å². The molecule has 0 aliphatic rings. The van der Waals surface area contributed by atoms with E-state index in [0.29, 0.717) is 0 Å². The Kier molecular flexibility index (Phi) is 12.0. The number of methoxy groups -OCH3 is 1. The lowest BCUT2D eigenvalue weighted by Crippen LogP contribution is -1.97. The molecule has 0 bridgehead atoms. The van der Waals surface area contributed by atoms with E-state index in [1.54, 1.807) is 7.11 Å². The number of hydrogen-bond acceptors (Lipinski definition) is 1. The van der Waals surface area contributed by atoms with Crippen LogP contribution in [0, 0.1) is 0 Å². The molecule has 1 unspecified atom stereocenters. The van der Waals surface area contributed by atoms with Crippen molar-refractivity contribution in [3.8, 4) is 0 Å². The summed E-state index contributed by atoms with van der Waals surface area (Å²) in [7, 11) is 1.71. The van der Waals surface area contributed by atoms with E-state index in [9.17, 15) is 0 Å². The van der Waals surface area contributed by atoms with Crippen LogP contribution in [0.25, 0.3) is 24.3 Å². The smallest absolute Gasteiger partial charge is 0.0957 e. The highest BCUT2D eigenvalue weighted by Gasteiger charge is 2.12. The molecule has 1 nitrogen and oxygen atoms in total. The third-order valence-electron chi connectivity index (χ3n) is 5.26. The minimum atomic E-state index is 0.00907. The maximum absolute atomic E-state index is 5.46.